The third kappa shape index (κ3) is 4.90. The number of amides is 1. The normalized spacial score (nSPS) is 19.8. The summed E-state index contributed by atoms with van der Waals surface area (Å²) in [5.41, 5.74) is 1.01. The van der Waals surface area contributed by atoms with E-state index in [2.05, 4.69) is 15.2 Å². The van der Waals surface area contributed by atoms with Crippen molar-refractivity contribution in [1.29, 1.82) is 0 Å². The number of nitrogens with zero attached hydrogens (tertiary/aromatic N) is 2. The van der Waals surface area contributed by atoms with Crippen molar-refractivity contribution in [2.75, 3.05) is 26.2 Å². The van der Waals surface area contributed by atoms with Gasteiger partial charge in [-0.15, -0.1) is 0 Å². The van der Waals surface area contributed by atoms with Crippen LogP contribution in [0.4, 0.5) is 0 Å². The molecule has 1 unspecified atom stereocenters. The summed E-state index contributed by atoms with van der Waals surface area (Å²) < 4.78 is 0. The molecule has 0 saturated carbocycles. The molecule has 0 aromatic carbocycles. The molecule has 0 bridgehead atoms. The van der Waals surface area contributed by atoms with Gasteiger partial charge in [0.25, 0.3) is 0 Å². The highest BCUT2D eigenvalue weighted by molar-refractivity contribution is 5.78. The molecular weight excluding hydrogens is 254 g/mol. The Morgan fingerprint density at radius 2 is 2.45 bits per heavy atom. The molecule has 1 fully saturated rings. The molecule has 1 aromatic heterocycles. The average molecular weight is 277 g/mol. The Morgan fingerprint density at radius 1 is 1.55 bits per heavy atom. The molecule has 1 aliphatic rings. The number of aromatic nitrogens is 1. The van der Waals surface area contributed by atoms with Gasteiger partial charge in [0.2, 0.25) is 5.91 Å². The topological polar surface area (TPSA) is 65.5 Å². The van der Waals surface area contributed by atoms with E-state index in [-0.39, 0.29) is 12.5 Å². The van der Waals surface area contributed by atoms with Crippen LogP contribution in [0.3, 0.4) is 0 Å². The SMILES string of the molecule is O=C(CN1CCCC(CCO)C1)NCc1cccnc1. The molecule has 1 aromatic rings. The summed E-state index contributed by atoms with van der Waals surface area (Å²) in [5, 5.41) is 11.9. The van der Waals surface area contributed by atoms with Crippen LogP contribution in [0.25, 0.3) is 0 Å². The first-order valence-corrected chi connectivity index (χ1v) is 7.26. The maximum absolute atomic E-state index is 11.9. The summed E-state index contributed by atoms with van der Waals surface area (Å²) >= 11 is 0. The summed E-state index contributed by atoms with van der Waals surface area (Å²) in [6.45, 7) is 3.11. The molecule has 1 saturated heterocycles. The number of likely N-dealkylation sites (tertiary alicyclic amines) is 1. The minimum absolute atomic E-state index is 0.0542. The summed E-state index contributed by atoms with van der Waals surface area (Å²) in [4.78, 5) is 18.1. The molecule has 1 atom stereocenters. The van der Waals surface area contributed by atoms with Gasteiger partial charge < -0.3 is 10.4 Å². The Balaban J connectivity index is 1.71. The minimum Gasteiger partial charge on any atom is -0.396 e. The smallest absolute Gasteiger partial charge is 0.234 e. The van der Waals surface area contributed by atoms with Crippen molar-refractivity contribution in [2.45, 2.75) is 25.8 Å². The van der Waals surface area contributed by atoms with Gasteiger partial charge in [-0.3, -0.25) is 14.7 Å². The van der Waals surface area contributed by atoms with Gasteiger partial charge >= 0.3 is 0 Å². The lowest BCUT2D eigenvalue weighted by Crippen LogP contribution is -2.42. The van der Waals surface area contributed by atoms with Crippen molar-refractivity contribution in [3.05, 3.63) is 30.1 Å². The van der Waals surface area contributed by atoms with Crippen molar-refractivity contribution in [2.24, 2.45) is 5.92 Å². The van der Waals surface area contributed by atoms with Crippen molar-refractivity contribution in [1.82, 2.24) is 15.2 Å². The Labute approximate surface area is 120 Å². The van der Waals surface area contributed by atoms with E-state index in [0.29, 0.717) is 19.0 Å². The van der Waals surface area contributed by atoms with Crippen LogP contribution >= 0.6 is 0 Å². The fourth-order valence-electron chi connectivity index (χ4n) is 2.68. The number of nitrogens with one attached hydrogen (secondary N) is 1. The average Bonchev–Trinajstić information content (AvgIpc) is 2.47. The highest BCUT2D eigenvalue weighted by atomic mass is 16.3. The lowest BCUT2D eigenvalue weighted by molar-refractivity contribution is -0.122. The number of hydrogen-bond donors (Lipinski definition) is 2. The predicted octanol–water partition coefficient (Wildman–Crippen LogP) is 0.792. The fraction of sp³-hybridized carbons (Fsp3) is 0.600. The van der Waals surface area contributed by atoms with E-state index in [1.165, 1.54) is 0 Å². The molecule has 2 rings (SSSR count). The zero-order valence-corrected chi connectivity index (χ0v) is 11.8. The van der Waals surface area contributed by atoms with Gasteiger partial charge in [0.15, 0.2) is 0 Å². The summed E-state index contributed by atoms with van der Waals surface area (Å²) in [6, 6.07) is 3.82. The molecule has 20 heavy (non-hydrogen) atoms. The first-order valence-electron chi connectivity index (χ1n) is 7.26. The Bertz CT molecular complexity index is 409. The number of piperidine rings is 1. The number of pyridine rings is 1. The number of carbonyl (C=O) groups is 1. The molecule has 2 heterocycles. The fourth-order valence-corrected chi connectivity index (χ4v) is 2.68. The second kappa shape index (κ2) is 7.97. The number of hydrogen-bond acceptors (Lipinski definition) is 4. The molecule has 5 heteroatoms. The van der Waals surface area contributed by atoms with Crippen molar-refractivity contribution < 1.29 is 9.90 Å². The van der Waals surface area contributed by atoms with Crippen molar-refractivity contribution in [3.8, 4) is 0 Å². The van der Waals surface area contributed by atoms with Gasteiger partial charge in [-0.1, -0.05) is 6.07 Å². The number of rotatable bonds is 6. The van der Waals surface area contributed by atoms with Crippen LogP contribution in [-0.2, 0) is 11.3 Å². The zero-order valence-electron chi connectivity index (χ0n) is 11.8. The van der Waals surface area contributed by atoms with Gasteiger partial charge in [-0.05, 0) is 43.4 Å². The molecular formula is C15H23N3O2. The van der Waals surface area contributed by atoms with E-state index in [1.54, 1.807) is 12.4 Å². The van der Waals surface area contributed by atoms with E-state index >= 15 is 0 Å². The maximum Gasteiger partial charge on any atom is 0.234 e. The highest BCUT2D eigenvalue weighted by Crippen LogP contribution is 2.18. The van der Waals surface area contributed by atoms with Gasteiger partial charge in [0.1, 0.15) is 0 Å². The van der Waals surface area contributed by atoms with Crippen molar-refractivity contribution >= 4 is 5.91 Å². The summed E-state index contributed by atoms with van der Waals surface area (Å²) in [6.07, 6.45) is 6.60. The highest BCUT2D eigenvalue weighted by Gasteiger charge is 2.20. The predicted molar refractivity (Wildman–Crippen MR) is 77.0 cm³/mol. The minimum atomic E-state index is 0.0542. The van der Waals surface area contributed by atoms with Gasteiger partial charge in [-0.25, -0.2) is 0 Å². The van der Waals surface area contributed by atoms with Gasteiger partial charge in [0.05, 0.1) is 6.54 Å². The standard InChI is InChI=1S/C15H23N3O2/c19-8-5-13-4-2-7-18(11-13)12-15(20)17-10-14-3-1-6-16-9-14/h1,3,6,9,13,19H,2,4-5,7-8,10-12H2,(H,17,20). The molecule has 0 radical (unpaired) electrons. The lowest BCUT2D eigenvalue weighted by atomic mass is 9.95. The van der Waals surface area contributed by atoms with Crippen LogP contribution in [0.2, 0.25) is 0 Å². The van der Waals surface area contributed by atoms with Crippen LogP contribution < -0.4 is 5.32 Å². The van der Waals surface area contributed by atoms with Crippen LogP contribution in [0.5, 0.6) is 0 Å². The molecule has 110 valence electrons. The Hall–Kier alpha value is -1.46. The van der Waals surface area contributed by atoms with Crippen LogP contribution in [-0.4, -0.2) is 47.1 Å². The molecule has 1 aliphatic heterocycles. The second-order valence-electron chi connectivity index (χ2n) is 5.39. The first kappa shape index (κ1) is 14.9. The Morgan fingerprint density at radius 3 is 3.20 bits per heavy atom. The summed E-state index contributed by atoms with van der Waals surface area (Å²) in [5.74, 6) is 0.582. The summed E-state index contributed by atoms with van der Waals surface area (Å²) in [7, 11) is 0. The number of aliphatic hydroxyl groups is 1. The molecule has 0 aliphatic carbocycles. The first-order chi connectivity index (χ1) is 9.78. The quantitative estimate of drug-likeness (QED) is 0.807. The molecule has 5 nitrogen and oxygen atoms in total. The van der Waals surface area contributed by atoms with E-state index in [4.69, 9.17) is 5.11 Å². The third-order valence-electron chi connectivity index (χ3n) is 3.72. The lowest BCUT2D eigenvalue weighted by Gasteiger charge is -2.31. The van der Waals surface area contributed by atoms with Gasteiger partial charge in [0, 0.05) is 32.1 Å². The van der Waals surface area contributed by atoms with E-state index in [9.17, 15) is 4.79 Å². The molecule has 2 N–H and O–H groups in total. The maximum atomic E-state index is 11.9. The van der Waals surface area contributed by atoms with E-state index in [0.717, 1.165) is 37.9 Å². The largest absolute Gasteiger partial charge is 0.396 e. The van der Waals surface area contributed by atoms with Crippen molar-refractivity contribution in [3.63, 3.8) is 0 Å². The molecule has 1 amide bonds. The number of aliphatic hydroxyl groups excluding tert-OH is 1. The zero-order chi connectivity index (χ0) is 14.2. The third-order valence-corrected chi connectivity index (χ3v) is 3.72. The second-order valence-corrected chi connectivity index (χ2v) is 5.39. The van der Waals surface area contributed by atoms with Gasteiger partial charge in [-0.2, -0.15) is 0 Å². The number of carbonyl (C=O) groups excluding carboxylic acids is 1. The van der Waals surface area contributed by atoms with Crippen LogP contribution in [0.15, 0.2) is 24.5 Å². The molecule has 0 spiro atoms. The monoisotopic (exact) mass is 277 g/mol. The van der Waals surface area contributed by atoms with E-state index < -0.39 is 0 Å². The Kier molecular flexibility index (Phi) is 5.95. The van der Waals surface area contributed by atoms with Crippen LogP contribution in [0.1, 0.15) is 24.8 Å². The van der Waals surface area contributed by atoms with E-state index in [1.807, 2.05) is 12.1 Å². The van der Waals surface area contributed by atoms with Crippen LogP contribution in [0, 0.1) is 5.92 Å².